The van der Waals surface area contributed by atoms with Crippen LogP contribution in [0.2, 0.25) is 0 Å². The first-order chi connectivity index (χ1) is 13.2. The van der Waals surface area contributed by atoms with Gasteiger partial charge in [0.15, 0.2) is 12.4 Å². The maximum atomic E-state index is 12.4. The number of hydrogen-bond donors (Lipinski definition) is 0. The van der Waals surface area contributed by atoms with Gasteiger partial charge in [-0.2, -0.15) is 4.98 Å². The van der Waals surface area contributed by atoms with E-state index >= 15 is 0 Å². The van der Waals surface area contributed by atoms with Crippen LogP contribution >= 0.6 is 0 Å². The lowest BCUT2D eigenvalue weighted by Gasteiger charge is -2.16. The summed E-state index contributed by atoms with van der Waals surface area (Å²) in [6.45, 7) is 4.50. The van der Waals surface area contributed by atoms with Gasteiger partial charge in [-0.1, -0.05) is 17.3 Å². The smallest absolute Gasteiger partial charge is 0.260 e. The standard InChI is InChI=1S/C19H25N3O5/c1-14-4-3-5-16(10-14)26-13-18(23)22-7-6-15(11-22)19-20-17(27-21-19)12-25-9-8-24-2/h3-5,10,15H,6-9,11-13H2,1-2H3. The second-order valence-electron chi connectivity index (χ2n) is 6.52. The summed E-state index contributed by atoms with van der Waals surface area (Å²) in [6.07, 6.45) is 0.805. The normalized spacial score (nSPS) is 16.7. The molecule has 0 bridgehead atoms. The Balaban J connectivity index is 1.45. The Hall–Kier alpha value is -2.45. The third-order valence-electron chi connectivity index (χ3n) is 4.40. The first-order valence-corrected chi connectivity index (χ1v) is 9.02. The zero-order chi connectivity index (χ0) is 19.1. The van der Waals surface area contributed by atoms with Gasteiger partial charge in [0.1, 0.15) is 12.4 Å². The van der Waals surface area contributed by atoms with Crippen LogP contribution in [0, 0.1) is 6.92 Å². The van der Waals surface area contributed by atoms with Crippen molar-refractivity contribution in [2.75, 3.05) is 40.0 Å². The molecule has 146 valence electrons. The molecule has 3 rings (SSSR count). The van der Waals surface area contributed by atoms with Crippen LogP contribution in [0.4, 0.5) is 0 Å². The zero-order valence-corrected chi connectivity index (χ0v) is 15.7. The van der Waals surface area contributed by atoms with Crippen LogP contribution in [0.15, 0.2) is 28.8 Å². The molecule has 8 nitrogen and oxygen atoms in total. The topological polar surface area (TPSA) is 86.9 Å². The van der Waals surface area contributed by atoms with E-state index in [0.29, 0.717) is 43.8 Å². The van der Waals surface area contributed by atoms with Crippen LogP contribution in [0.5, 0.6) is 5.75 Å². The summed E-state index contributed by atoms with van der Waals surface area (Å²) in [5.74, 6) is 1.80. The summed E-state index contributed by atoms with van der Waals surface area (Å²) < 4.78 is 21.1. The fourth-order valence-corrected chi connectivity index (χ4v) is 2.93. The van der Waals surface area contributed by atoms with Crippen molar-refractivity contribution in [2.45, 2.75) is 25.9 Å². The molecule has 8 heteroatoms. The van der Waals surface area contributed by atoms with Gasteiger partial charge in [-0.3, -0.25) is 4.79 Å². The van der Waals surface area contributed by atoms with Gasteiger partial charge in [0, 0.05) is 26.1 Å². The molecule has 1 aromatic heterocycles. The van der Waals surface area contributed by atoms with E-state index in [2.05, 4.69) is 10.1 Å². The fourth-order valence-electron chi connectivity index (χ4n) is 2.93. The van der Waals surface area contributed by atoms with E-state index in [1.54, 1.807) is 12.0 Å². The molecule has 0 aliphatic carbocycles. The number of amides is 1. The second kappa shape index (κ2) is 9.48. The van der Waals surface area contributed by atoms with E-state index in [9.17, 15) is 4.79 Å². The molecule has 1 amide bonds. The molecular weight excluding hydrogens is 350 g/mol. The quantitative estimate of drug-likeness (QED) is 0.619. The number of carbonyl (C=O) groups is 1. The summed E-state index contributed by atoms with van der Waals surface area (Å²) >= 11 is 0. The molecule has 0 N–H and O–H groups in total. The number of carbonyl (C=O) groups excluding carboxylic acids is 1. The lowest BCUT2D eigenvalue weighted by atomic mass is 10.1. The Bertz CT molecular complexity index is 748. The Morgan fingerprint density at radius 1 is 1.37 bits per heavy atom. The number of nitrogens with zero attached hydrogens (tertiary/aromatic N) is 3. The van der Waals surface area contributed by atoms with Crippen molar-refractivity contribution < 1.29 is 23.5 Å². The highest BCUT2D eigenvalue weighted by Crippen LogP contribution is 2.25. The number of methoxy groups -OCH3 is 1. The van der Waals surface area contributed by atoms with E-state index < -0.39 is 0 Å². The number of rotatable bonds is 9. The first kappa shape index (κ1) is 19.3. The van der Waals surface area contributed by atoms with Gasteiger partial charge >= 0.3 is 0 Å². The number of ether oxygens (including phenoxy) is 3. The molecule has 1 atom stereocenters. The van der Waals surface area contributed by atoms with E-state index in [1.807, 2.05) is 31.2 Å². The van der Waals surface area contributed by atoms with Crippen LogP contribution in [0.25, 0.3) is 0 Å². The molecule has 2 heterocycles. The van der Waals surface area contributed by atoms with Crippen molar-refractivity contribution in [3.8, 4) is 5.75 Å². The molecule has 27 heavy (non-hydrogen) atoms. The highest BCUT2D eigenvalue weighted by atomic mass is 16.5. The van der Waals surface area contributed by atoms with Crippen LogP contribution in [-0.2, 0) is 20.9 Å². The fraction of sp³-hybridized carbons (Fsp3) is 0.526. The first-order valence-electron chi connectivity index (χ1n) is 9.02. The van der Waals surface area contributed by atoms with Gasteiger partial charge in [0.2, 0.25) is 0 Å². The minimum Gasteiger partial charge on any atom is -0.484 e. The van der Waals surface area contributed by atoms with Gasteiger partial charge in [-0.05, 0) is 31.0 Å². The van der Waals surface area contributed by atoms with Crippen molar-refractivity contribution in [1.29, 1.82) is 0 Å². The average molecular weight is 375 g/mol. The largest absolute Gasteiger partial charge is 0.484 e. The molecule has 1 aliphatic heterocycles. The third kappa shape index (κ3) is 5.51. The van der Waals surface area contributed by atoms with Crippen molar-refractivity contribution in [2.24, 2.45) is 0 Å². The molecule has 1 aromatic carbocycles. The highest BCUT2D eigenvalue weighted by molar-refractivity contribution is 5.78. The van der Waals surface area contributed by atoms with E-state index in [1.165, 1.54) is 0 Å². The minimum atomic E-state index is -0.0365. The Morgan fingerprint density at radius 3 is 3.07 bits per heavy atom. The summed E-state index contributed by atoms with van der Waals surface area (Å²) in [5, 5.41) is 4.03. The molecule has 0 spiro atoms. The van der Waals surface area contributed by atoms with Crippen LogP contribution in [0.1, 0.15) is 29.6 Å². The molecule has 2 aromatic rings. The van der Waals surface area contributed by atoms with E-state index in [4.69, 9.17) is 18.7 Å². The highest BCUT2D eigenvalue weighted by Gasteiger charge is 2.30. The number of likely N-dealkylation sites (tertiary alicyclic amines) is 1. The Labute approximate surface area is 158 Å². The molecular formula is C19H25N3O5. The van der Waals surface area contributed by atoms with Crippen LogP contribution in [-0.4, -0.2) is 61.0 Å². The monoisotopic (exact) mass is 375 g/mol. The van der Waals surface area contributed by atoms with Crippen LogP contribution in [0.3, 0.4) is 0 Å². The maximum Gasteiger partial charge on any atom is 0.260 e. The Morgan fingerprint density at radius 2 is 2.26 bits per heavy atom. The van der Waals surface area contributed by atoms with Crippen molar-refractivity contribution in [1.82, 2.24) is 15.0 Å². The molecule has 1 unspecified atom stereocenters. The molecule has 0 radical (unpaired) electrons. The second-order valence-corrected chi connectivity index (χ2v) is 6.52. The van der Waals surface area contributed by atoms with Gasteiger partial charge in [-0.25, -0.2) is 0 Å². The predicted molar refractivity (Wildman–Crippen MR) is 96.4 cm³/mol. The average Bonchev–Trinajstić information content (AvgIpc) is 3.33. The van der Waals surface area contributed by atoms with E-state index in [-0.39, 0.29) is 25.0 Å². The van der Waals surface area contributed by atoms with Crippen molar-refractivity contribution >= 4 is 5.91 Å². The summed E-state index contributed by atoms with van der Waals surface area (Å²) in [4.78, 5) is 18.6. The van der Waals surface area contributed by atoms with Crippen molar-refractivity contribution in [3.05, 3.63) is 41.5 Å². The number of hydrogen-bond acceptors (Lipinski definition) is 7. The zero-order valence-electron chi connectivity index (χ0n) is 15.7. The van der Waals surface area contributed by atoms with Gasteiger partial charge in [0.05, 0.1) is 13.2 Å². The SMILES string of the molecule is COCCOCc1nc(C2CCN(C(=O)COc3cccc(C)c3)C2)no1. The van der Waals surface area contributed by atoms with Crippen LogP contribution < -0.4 is 4.74 Å². The lowest BCUT2D eigenvalue weighted by Crippen LogP contribution is -2.32. The van der Waals surface area contributed by atoms with Gasteiger partial charge in [0.25, 0.3) is 11.8 Å². The minimum absolute atomic E-state index is 0.0288. The molecule has 0 saturated carbocycles. The van der Waals surface area contributed by atoms with Gasteiger partial charge < -0.3 is 23.6 Å². The molecule has 1 aliphatic rings. The Kier molecular flexibility index (Phi) is 6.78. The van der Waals surface area contributed by atoms with E-state index in [0.717, 1.165) is 12.0 Å². The maximum absolute atomic E-state index is 12.4. The number of aryl methyl sites for hydroxylation is 1. The summed E-state index contributed by atoms with van der Waals surface area (Å²) in [5.41, 5.74) is 1.10. The predicted octanol–water partition coefficient (Wildman–Crippen LogP) is 1.94. The summed E-state index contributed by atoms with van der Waals surface area (Å²) in [6, 6.07) is 7.66. The third-order valence-corrected chi connectivity index (χ3v) is 4.40. The lowest BCUT2D eigenvalue weighted by molar-refractivity contribution is -0.132. The van der Waals surface area contributed by atoms with Crippen molar-refractivity contribution in [3.63, 3.8) is 0 Å². The summed E-state index contributed by atoms with van der Waals surface area (Å²) in [7, 11) is 1.62. The molecule has 1 fully saturated rings. The van der Waals surface area contributed by atoms with Gasteiger partial charge in [-0.15, -0.1) is 0 Å². The number of benzene rings is 1. The molecule has 1 saturated heterocycles. The number of aromatic nitrogens is 2.